The first-order valence-corrected chi connectivity index (χ1v) is 8.70. The Bertz CT molecular complexity index is 930. The lowest BCUT2D eigenvalue weighted by Gasteiger charge is -2.17. The zero-order valence-corrected chi connectivity index (χ0v) is 15.3. The summed E-state index contributed by atoms with van der Waals surface area (Å²) in [5.74, 6) is 0.599. The van der Waals surface area contributed by atoms with Gasteiger partial charge in [0, 0.05) is 25.3 Å². The zero-order chi connectivity index (χ0) is 19.2. The molecule has 3 aromatic rings. The van der Waals surface area contributed by atoms with Crippen molar-refractivity contribution in [3.05, 3.63) is 83.6 Å². The van der Waals surface area contributed by atoms with Crippen molar-refractivity contribution in [1.82, 2.24) is 9.97 Å². The maximum Gasteiger partial charge on any atom is 0.276 e. The number of nitrogens with one attached hydrogen (secondary N) is 1. The van der Waals surface area contributed by atoms with Gasteiger partial charge in [-0.2, -0.15) is 0 Å². The molecule has 0 aliphatic heterocycles. The lowest BCUT2D eigenvalue weighted by atomic mass is 10.1. The summed E-state index contributed by atoms with van der Waals surface area (Å²) in [5, 5.41) is 3.15. The van der Waals surface area contributed by atoms with Crippen molar-refractivity contribution in [3.8, 4) is 0 Å². The summed E-state index contributed by atoms with van der Waals surface area (Å²) in [6.45, 7) is 2.24. The normalized spacial score (nSPS) is 10.5. The Morgan fingerprint density at radius 3 is 2.52 bits per heavy atom. The number of aryl methyl sites for hydroxylation is 1. The van der Waals surface area contributed by atoms with Gasteiger partial charge in [-0.05, 0) is 37.1 Å². The molecule has 0 atom stereocenters. The highest BCUT2D eigenvalue weighted by atomic mass is 19.1. The third-order valence-electron chi connectivity index (χ3n) is 4.16. The van der Waals surface area contributed by atoms with Gasteiger partial charge in [-0.25, -0.2) is 14.4 Å². The SMILES string of the molecule is Cc1nc(NCCc2ccccc2F)cc(C(=O)N(C)c2ccccc2)n1. The second-order valence-electron chi connectivity index (χ2n) is 6.15. The molecule has 1 N–H and O–H groups in total. The molecule has 0 aliphatic carbocycles. The Kier molecular flexibility index (Phi) is 5.76. The first kappa shape index (κ1) is 18.5. The molecule has 138 valence electrons. The van der Waals surface area contributed by atoms with E-state index in [4.69, 9.17) is 0 Å². The molecule has 3 rings (SSSR count). The van der Waals surface area contributed by atoms with E-state index in [1.165, 1.54) is 6.07 Å². The Hall–Kier alpha value is -3.28. The van der Waals surface area contributed by atoms with Crippen LogP contribution in [0.25, 0.3) is 0 Å². The summed E-state index contributed by atoms with van der Waals surface area (Å²) in [7, 11) is 1.71. The first-order chi connectivity index (χ1) is 13.0. The number of para-hydroxylation sites is 1. The van der Waals surface area contributed by atoms with Gasteiger partial charge >= 0.3 is 0 Å². The largest absolute Gasteiger partial charge is 0.370 e. The number of hydrogen-bond acceptors (Lipinski definition) is 4. The number of hydrogen-bond donors (Lipinski definition) is 1. The number of carbonyl (C=O) groups is 1. The smallest absolute Gasteiger partial charge is 0.276 e. The van der Waals surface area contributed by atoms with E-state index in [0.717, 1.165) is 5.69 Å². The van der Waals surface area contributed by atoms with Crippen LogP contribution in [0.4, 0.5) is 15.9 Å². The van der Waals surface area contributed by atoms with Gasteiger partial charge in [0.25, 0.3) is 5.91 Å². The molecular weight excluding hydrogens is 343 g/mol. The summed E-state index contributed by atoms with van der Waals surface area (Å²) < 4.78 is 13.7. The van der Waals surface area contributed by atoms with Crippen LogP contribution in [0.15, 0.2) is 60.7 Å². The molecule has 0 spiro atoms. The maximum atomic E-state index is 13.7. The van der Waals surface area contributed by atoms with Crippen LogP contribution in [0.1, 0.15) is 21.9 Å². The summed E-state index contributed by atoms with van der Waals surface area (Å²) in [6, 6.07) is 17.7. The van der Waals surface area contributed by atoms with Crippen LogP contribution in [-0.4, -0.2) is 29.5 Å². The number of aromatic nitrogens is 2. The molecular formula is C21H21FN4O. The van der Waals surface area contributed by atoms with E-state index in [9.17, 15) is 9.18 Å². The molecule has 0 saturated heterocycles. The highest BCUT2D eigenvalue weighted by Crippen LogP contribution is 2.16. The van der Waals surface area contributed by atoms with Gasteiger partial charge in [-0.1, -0.05) is 36.4 Å². The van der Waals surface area contributed by atoms with Crippen molar-refractivity contribution in [2.75, 3.05) is 23.8 Å². The second kappa shape index (κ2) is 8.40. The van der Waals surface area contributed by atoms with Gasteiger partial charge < -0.3 is 10.2 Å². The maximum absolute atomic E-state index is 13.7. The van der Waals surface area contributed by atoms with Crippen LogP contribution in [0, 0.1) is 12.7 Å². The van der Waals surface area contributed by atoms with Crippen LogP contribution in [0.5, 0.6) is 0 Å². The average Bonchev–Trinajstić information content (AvgIpc) is 2.68. The minimum absolute atomic E-state index is 0.219. The molecule has 0 bridgehead atoms. The molecule has 1 amide bonds. The Morgan fingerprint density at radius 1 is 1.07 bits per heavy atom. The van der Waals surface area contributed by atoms with E-state index in [-0.39, 0.29) is 11.7 Å². The zero-order valence-electron chi connectivity index (χ0n) is 15.3. The fraction of sp³-hybridized carbons (Fsp3) is 0.190. The van der Waals surface area contributed by atoms with Gasteiger partial charge in [0.05, 0.1) is 0 Å². The summed E-state index contributed by atoms with van der Waals surface area (Å²) >= 11 is 0. The number of rotatable bonds is 6. The molecule has 6 heteroatoms. The fourth-order valence-electron chi connectivity index (χ4n) is 2.73. The lowest BCUT2D eigenvalue weighted by Crippen LogP contribution is -2.27. The molecule has 0 radical (unpaired) electrons. The molecule has 0 unspecified atom stereocenters. The van der Waals surface area contributed by atoms with Crippen molar-refractivity contribution >= 4 is 17.4 Å². The van der Waals surface area contributed by atoms with Crippen molar-refractivity contribution < 1.29 is 9.18 Å². The summed E-state index contributed by atoms with van der Waals surface area (Å²) in [4.78, 5) is 22.9. The number of halogens is 1. The monoisotopic (exact) mass is 364 g/mol. The van der Waals surface area contributed by atoms with Crippen LogP contribution in [0.2, 0.25) is 0 Å². The highest BCUT2D eigenvalue weighted by Gasteiger charge is 2.16. The van der Waals surface area contributed by atoms with Gasteiger partial charge in [0.15, 0.2) is 0 Å². The van der Waals surface area contributed by atoms with Gasteiger partial charge in [-0.3, -0.25) is 4.79 Å². The number of carbonyl (C=O) groups excluding carboxylic acids is 1. The number of benzene rings is 2. The Labute approximate surface area is 157 Å². The minimum atomic E-state index is -0.224. The summed E-state index contributed by atoms with van der Waals surface area (Å²) in [6.07, 6.45) is 0.517. The van der Waals surface area contributed by atoms with Gasteiger partial charge in [0.1, 0.15) is 23.2 Å². The molecule has 1 aromatic heterocycles. The Balaban J connectivity index is 1.70. The van der Waals surface area contributed by atoms with Crippen LogP contribution >= 0.6 is 0 Å². The molecule has 0 fully saturated rings. The van der Waals surface area contributed by atoms with E-state index in [0.29, 0.717) is 35.9 Å². The Morgan fingerprint density at radius 2 is 1.78 bits per heavy atom. The van der Waals surface area contributed by atoms with Crippen molar-refractivity contribution in [1.29, 1.82) is 0 Å². The molecule has 2 aromatic carbocycles. The van der Waals surface area contributed by atoms with E-state index in [2.05, 4.69) is 15.3 Å². The minimum Gasteiger partial charge on any atom is -0.370 e. The van der Waals surface area contributed by atoms with E-state index < -0.39 is 0 Å². The topological polar surface area (TPSA) is 58.1 Å². The van der Waals surface area contributed by atoms with Gasteiger partial charge in [0.2, 0.25) is 0 Å². The van der Waals surface area contributed by atoms with Crippen LogP contribution < -0.4 is 10.2 Å². The molecule has 1 heterocycles. The fourth-order valence-corrected chi connectivity index (χ4v) is 2.73. The predicted molar refractivity (Wildman–Crippen MR) is 105 cm³/mol. The third kappa shape index (κ3) is 4.67. The molecule has 27 heavy (non-hydrogen) atoms. The van der Waals surface area contributed by atoms with Crippen LogP contribution in [0.3, 0.4) is 0 Å². The summed E-state index contributed by atoms with van der Waals surface area (Å²) in [5.41, 5.74) is 1.73. The first-order valence-electron chi connectivity index (χ1n) is 8.70. The molecule has 0 saturated carbocycles. The van der Waals surface area contributed by atoms with Crippen molar-refractivity contribution in [2.24, 2.45) is 0 Å². The van der Waals surface area contributed by atoms with Gasteiger partial charge in [-0.15, -0.1) is 0 Å². The predicted octanol–water partition coefficient (Wildman–Crippen LogP) is 3.86. The van der Waals surface area contributed by atoms with E-state index in [1.807, 2.05) is 36.4 Å². The average molecular weight is 364 g/mol. The quantitative estimate of drug-likeness (QED) is 0.722. The van der Waals surface area contributed by atoms with Crippen molar-refractivity contribution in [3.63, 3.8) is 0 Å². The second-order valence-corrected chi connectivity index (χ2v) is 6.15. The number of amides is 1. The molecule has 0 aliphatic rings. The van der Waals surface area contributed by atoms with E-state index in [1.54, 1.807) is 37.1 Å². The van der Waals surface area contributed by atoms with Crippen LogP contribution in [-0.2, 0) is 6.42 Å². The van der Waals surface area contributed by atoms with Crippen molar-refractivity contribution in [2.45, 2.75) is 13.3 Å². The van der Waals surface area contributed by atoms with E-state index >= 15 is 0 Å². The molecule has 5 nitrogen and oxygen atoms in total. The third-order valence-corrected chi connectivity index (χ3v) is 4.16. The highest BCUT2D eigenvalue weighted by molar-refractivity contribution is 6.04. The standard InChI is InChI=1S/C21H21FN4O/c1-15-24-19(21(27)26(2)17-9-4-3-5-10-17)14-20(25-15)23-13-12-16-8-6-7-11-18(16)22/h3-11,14H,12-13H2,1-2H3,(H,23,24,25). The number of nitrogens with zero attached hydrogens (tertiary/aromatic N) is 3. The number of anilines is 2. The lowest BCUT2D eigenvalue weighted by molar-refractivity contribution is 0.0988.